The lowest BCUT2D eigenvalue weighted by Crippen LogP contribution is -2.09. The molecule has 0 saturated heterocycles. The van der Waals surface area contributed by atoms with Gasteiger partial charge in [0.1, 0.15) is 0 Å². The van der Waals surface area contributed by atoms with E-state index in [-0.39, 0.29) is 24.9 Å². The minimum Gasteiger partial charge on any atom is -0.364 e. The molecule has 0 unspecified atom stereocenters. The number of benzene rings is 3. The molecule has 13 heteroatoms. The SMILES string of the molecule is FC(F)(F)c1ccc(Cn2cnc3c(NCc4cccc(C(F)(F)F)c4)nc(Nc4ccc5ncccc5c4)nc32)cc1. The zero-order chi connectivity index (χ0) is 30.2. The molecule has 6 aromatic rings. The Morgan fingerprint density at radius 2 is 1.51 bits per heavy atom. The lowest BCUT2D eigenvalue weighted by atomic mass is 10.1. The summed E-state index contributed by atoms with van der Waals surface area (Å²) in [5.74, 6) is 0.440. The third-order valence-corrected chi connectivity index (χ3v) is 6.67. The third-order valence-electron chi connectivity index (χ3n) is 6.67. The summed E-state index contributed by atoms with van der Waals surface area (Å²) < 4.78 is 80.5. The lowest BCUT2D eigenvalue weighted by molar-refractivity contribution is -0.138. The number of hydrogen-bond acceptors (Lipinski definition) is 6. The Bertz CT molecular complexity index is 1910. The van der Waals surface area contributed by atoms with Crippen molar-refractivity contribution in [2.45, 2.75) is 25.4 Å². The van der Waals surface area contributed by atoms with Crippen molar-refractivity contribution in [1.82, 2.24) is 24.5 Å². The second kappa shape index (κ2) is 10.9. The van der Waals surface area contributed by atoms with Crippen LogP contribution in [0.1, 0.15) is 22.3 Å². The van der Waals surface area contributed by atoms with E-state index in [9.17, 15) is 26.3 Å². The molecule has 0 atom stereocenters. The molecule has 0 saturated carbocycles. The molecule has 0 aliphatic rings. The van der Waals surface area contributed by atoms with Gasteiger partial charge in [-0.1, -0.05) is 30.3 Å². The predicted molar refractivity (Wildman–Crippen MR) is 150 cm³/mol. The van der Waals surface area contributed by atoms with Crippen LogP contribution in [0.4, 0.5) is 43.8 Å². The van der Waals surface area contributed by atoms with E-state index in [1.54, 1.807) is 22.9 Å². The highest BCUT2D eigenvalue weighted by atomic mass is 19.4. The Hall–Kier alpha value is -5.20. The third kappa shape index (κ3) is 6.20. The van der Waals surface area contributed by atoms with Crippen molar-refractivity contribution in [2.75, 3.05) is 10.6 Å². The number of nitrogens with zero attached hydrogens (tertiary/aromatic N) is 5. The van der Waals surface area contributed by atoms with E-state index in [1.165, 1.54) is 24.5 Å². The Morgan fingerprint density at radius 1 is 0.721 bits per heavy atom. The first kappa shape index (κ1) is 27.9. The zero-order valence-electron chi connectivity index (χ0n) is 22.1. The van der Waals surface area contributed by atoms with Gasteiger partial charge in [-0.25, -0.2) is 4.98 Å². The Balaban J connectivity index is 1.35. The van der Waals surface area contributed by atoms with E-state index in [1.807, 2.05) is 24.3 Å². The number of fused-ring (bicyclic) bond motifs is 2. The molecule has 0 amide bonds. The Kier molecular flexibility index (Phi) is 7.08. The number of imidazole rings is 1. The maximum absolute atomic E-state index is 13.2. The maximum Gasteiger partial charge on any atom is 0.416 e. The molecule has 0 aliphatic carbocycles. The molecule has 3 aromatic carbocycles. The van der Waals surface area contributed by atoms with E-state index in [0.717, 1.165) is 35.2 Å². The second-order valence-electron chi connectivity index (χ2n) is 9.72. The van der Waals surface area contributed by atoms with Crippen molar-refractivity contribution in [1.29, 1.82) is 0 Å². The molecule has 218 valence electrons. The normalized spacial score (nSPS) is 12.1. The number of rotatable bonds is 7. The van der Waals surface area contributed by atoms with E-state index in [2.05, 4.69) is 30.6 Å². The van der Waals surface area contributed by atoms with Crippen LogP contribution in [0.2, 0.25) is 0 Å². The summed E-state index contributed by atoms with van der Waals surface area (Å²) in [6, 6.07) is 18.9. The lowest BCUT2D eigenvalue weighted by Gasteiger charge is -2.13. The van der Waals surface area contributed by atoms with Crippen LogP contribution in [0, 0.1) is 0 Å². The average Bonchev–Trinajstić information content (AvgIpc) is 3.38. The Labute approximate surface area is 240 Å². The van der Waals surface area contributed by atoms with Crippen molar-refractivity contribution in [3.05, 3.63) is 114 Å². The molecule has 0 spiro atoms. The largest absolute Gasteiger partial charge is 0.416 e. The van der Waals surface area contributed by atoms with Gasteiger partial charge in [0, 0.05) is 23.8 Å². The molecule has 3 aromatic heterocycles. The summed E-state index contributed by atoms with van der Waals surface area (Å²) in [6.07, 6.45) is -5.76. The topological polar surface area (TPSA) is 80.5 Å². The molecular weight excluding hydrogens is 572 g/mol. The first-order valence-corrected chi connectivity index (χ1v) is 12.9. The number of anilines is 3. The molecular formula is C30H21F6N7. The zero-order valence-corrected chi connectivity index (χ0v) is 22.1. The summed E-state index contributed by atoms with van der Waals surface area (Å²) in [6.45, 7) is 0.183. The van der Waals surface area contributed by atoms with Crippen molar-refractivity contribution >= 4 is 39.5 Å². The number of halogens is 6. The summed E-state index contributed by atoms with van der Waals surface area (Å²) in [7, 11) is 0. The molecule has 0 radical (unpaired) electrons. The van der Waals surface area contributed by atoms with Crippen molar-refractivity contribution in [3.63, 3.8) is 0 Å². The quantitative estimate of drug-likeness (QED) is 0.184. The fourth-order valence-electron chi connectivity index (χ4n) is 4.56. The van der Waals surface area contributed by atoms with Gasteiger partial charge in [0.05, 0.1) is 29.5 Å². The molecule has 3 heterocycles. The van der Waals surface area contributed by atoms with Gasteiger partial charge in [-0.2, -0.15) is 36.3 Å². The summed E-state index contributed by atoms with van der Waals surface area (Å²) in [5, 5.41) is 7.10. The standard InChI is InChI=1S/C30H21F6N7/c31-29(32,33)21-8-6-18(7-9-21)16-43-17-39-25-26(38-15-19-3-1-5-22(13-19)30(34,35)36)41-28(42-27(25)43)40-23-10-11-24-20(14-23)4-2-12-37-24/h1-14,17H,15-16H2,(H2,38,40,41,42). The van der Waals surface area contributed by atoms with E-state index < -0.39 is 23.5 Å². The molecule has 43 heavy (non-hydrogen) atoms. The highest BCUT2D eigenvalue weighted by Gasteiger charge is 2.31. The van der Waals surface area contributed by atoms with Crippen LogP contribution >= 0.6 is 0 Å². The van der Waals surface area contributed by atoms with Crippen LogP contribution in [0.25, 0.3) is 22.1 Å². The molecule has 0 bridgehead atoms. The monoisotopic (exact) mass is 593 g/mol. The van der Waals surface area contributed by atoms with Crippen LogP contribution in [-0.2, 0) is 25.4 Å². The summed E-state index contributed by atoms with van der Waals surface area (Å²) >= 11 is 0. The van der Waals surface area contributed by atoms with Gasteiger partial charge in [-0.15, -0.1) is 0 Å². The van der Waals surface area contributed by atoms with Gasteiger partial charge in [0.25, 0.3) is 0 Å². The second-order valence-corrected chi connectivity index (χ2v) is 9.72. The number of pyridine rings is 1. The van der Waals surface area contributed by atoms with Crippen molar-refractivity contribution in [3.8, 4) is 0 Å². The van der Waals surface area contributed by atoms with Gasteiger partial charge in [0.15, 0.2) is 17.0 Å². The number of hydrogen-bond donors (Lipinski definition) is 2. The van der Waals surface area contributed by atoms with Gasteiger partial charge in [0.2, 0.25) is 5.95 Å². The van der Waals surface area contributed by atoms with E-state index >= 15 is 0 Å². The maximum atomic E-state index is 13.2. The predicted octanol–water partition coefficient (Wildman–Crippen LogP) is 7.82. The first-order valence-electron chi connectivity index (χ1n) is 12.9. The fourth-order valence-corrected chi connectivity index (χ4v) is 4.56. The van der Waals surface area contributed by atoms with E-state index in [4.69, 9.17) is 0 Å². The highest BCUT2D eigenvalue weighted by molar-refractivity contribution is 5.86. The molecule has 0 fully saturated rings. The minimum atomic E-state index is -4.48. The molecule has 0 aliphatic heterocycles. The summed E-state index contributed by atoms with van der Waals surface area (Å²) in [4.78, 5) is 17.9. The highest BCUT2D eigenvalue weighted by Crippen LogP contribution is 2.31. The van der Waals surface area contributed by atoms with Crippen LogP contribution in [-0.4, -0.2) is 24.5 Å². The van der Waals surface area contributed by atoms with Crippen LogP contribution in [0.5, 0.6) is 0 Å². The van der Waals surface area contributed by atoms with Gasteiger partial charge in [-0.05, 0) is 59.7 Å². The summed E-state index contributed by atoms with van der Waals surface area (Å²) in [5.41, 5.74) is 1.60. The Morgan fingerprint density at radius 3 is 2.28 bits per heavy atom. The first-order chi connectivity index (χ1) is 20.5. The molecule has 6 rings (SSSR count). The van der Waals surface area contributed by atoms with Crippen LogP contribution in [0.15, 0.2) is 91.4 Å². The smallest absolute Gasteiger partial charge is 0.364 e. The van der Waals surface area contributed by atoms with Gasteiger partial charge in [-0.3, -0.25) is 4.98 Å². The average molecular weight is 594 g/mol. The number of aromatic nitrogens is 5. The van der Waals surface area contributed by atoms with Crippen molar-refractivity contribution in [2.24, 2.45) is 0 Å². The minimum absolute atomic E-state index is 0.0167. The molecule has 2 N–H and O–H groups in total. The number of alkyl halides is 6. The molecule has 7 nitrogen and oxygen atoms in total. The van der Waals surface area contributed by atoms with Crippen molar-refractivity contribution < 1.29 is 26.3 Å². The fraction of sp³-hybridized carbons (Fsp3) is 0.133. The van der Waals surface area contributed by atoms with Gasteiger partial charge < -0.3 is 15.2 Å². The number of nitrogens with one attached hydrogen (secondary N) is 2. The van der Waals surface area contributed by atoms with E-state index in [0.29, 0.717) is 28.0 Å². The van der Waals surface area contributed by atoms with Crippen LogP contribution < -0.4 is 10.6 Å². The van der Waals surface area contributed by atoms with Gasteiger partial charge >= 0.3 is 12.4 Å². The van der Waals surface area contributed by atoms with Crippen LogP contribution in [0.3, 0.4) is 0 Å².